The van der Waals surface area contributed by atoms with Gasteiger partial charge in [-0.1, -0.05) is 26.0 Å². The van der Waals surface area contributed by atoms with Crippen LogP contribution < -0.4 is 16.4 Å². The highest BCUT2D eigenvalue weighted by Gasteiger charge is 2.37. The molecule has 0 saturated heterocycles. The van der Waals surface area contributed by atoms with Crippen LogP contribution in [0.3, 0.4) is 0 Å². The Kier molecular flexibility index (Phi) is 4.72. The number of hydrogen-bond acceptors (Lipinski definition) is 4. The molecular formula is C17H19N5O. The molecule has 0 atom stereocenters. The van der Waals surface area contributed by atoms with Gasteiger partial charge in [0.2, 0.25) is 0 Å². The lowest BCUT2D eigenvalue weighted by Gasteiger charge is -2.34. The van der Waals surface area contributed by atoms with Crippen LogP contribution in [-0.2, 0) is 11.2 Å². The van der Waals surface area contributed by atoms with E-state index in [0.29, 0.717) is 29.2 Å². The molecule has 0 aliphatic carbocycles. The molecule has 2 heterocycles. The number of nitriles is 1. The highest BCUT2D eigenvalue weighted by Crippen LogP contribution is 2.38. The van der Waals surface area contributed by atoms with Crippen LogP contribution in [0.5, 0.6) is 0 Å². The maximum Gasteiger partial charge on any atom is 0.280 e. The lowest BCUT2D eigenvalue weighted by atomic mass is 10.0. The lowest BCUT2D eigenvalue weighted by Crippen LogP contribution is -2.44. The number of nitrogens with two attached hydrogens (primary N) is 2. The summed E-state index contributed by atoms with van der Waals surface area (Å²) in [5.74, 6) is 0.213. The number of aromatic amines is 1. The number of benzene rings is 1. The van der Waals surface area contributed by atoms with Crippen molar-refractivity contribution < 1.29 is 4.79 Å². The van der Waals surface area contributed by atoms with Gasteiger partial charge in [0.25, 0.3) is 5.91 Å². The first-order chi connectivity index (χ1) is 11.1. The van der Waals surface area contributed by atoms with E-state index in [2.05, 4.69) is 11.1 Å². The average Bonchev–Trinajstić information content (AvgIpc) is 3.00. The van der Waals surface area contributed by atoms with Gasteiger partial charge in [0.05, 0.1) is 18.2 Å². The summed E-state index contributed by atoms with van der Waals surface area (Å²) < 4.78 is 0. The van der Waals surface area contributed by atoms with Crippen LogP contribution in [0.4, 0.5) is 11.5 Å². The van der Waals surface area contributed by atoms with Crippen molar-refractivity contribution in [2.45, 2.75) is 20.3 Å². The van der Waals surface area contributed by atoms with E-state index in [1.807, 2.05) is 26.0 Å². The fourth-order valence-electron chi connectivity index (χ4n) is 2.35. The molecule has 5 N–H and O–H groups in total. The molecule has 0 saturated carbocycles. The van der Waals surface area contributed by atoms with Gasteiger partial charge < -0.3 is 16.5 Å². The highest BCUT2D eigenvalue weighted by atomic mass is 16.2. The minimum Gasteiger partial charge on any atom is -0.393 e. The molecule has 1 aliphatic heterocycles. The van der Waals surface area contributed by atoms with Crippen molar-refractivity contribution in [3.63, 3.8) is 0 Å². The number of amides is 1. The number of rotatable bonds is 3. The van der Waals surface area contributed by atoms with Crippen molar-refractivity contribution in [1.29, 1.82) is 5.26 Å². The first kappa shape index (κ1) is 16.2. The summed E-state index contributed by atoms with van der Waals surface area (Å²) in [5, 5.41) is 8.67. The van der Waals surface area contributed by atoms with Crippen LogP contribution in [0.15, 0.2) is 42.2 Å². The Bertz CT molecular complexity index is 780. The maximum absolute atomic E-state index is 12.0. The third-order valence-corrected chi connectivity index (χ3v) is 3.42. The van der Waals surface area contributed by atoms with E-state index in [0.717, 1.165) is 5.56 Å². The quantitative estimate of drug-likeness (QED) is 0.807. The molecule has 0 fully saturated rings. The number of nitrogens with one attached hydrogen (secondary N) is 1. The Morgan fingerprint density at radius 1 is 1.17 bits per heavy atom. The summed E-state index contributed by atoms with van der Waals surface area (Å²) in [4.78, 5) is 16.4. The fourth-order valence-corrected chi connectivity index (χ4v) is 2.35. The zero-order valence-corrected chi connectivity index (χ0v) is 13.1. The monoisotopic (exact) mass is 309 g/mol. The number of carbonyl (C=O) groups is 1. The van der Waals surface area contributed by atoms with E-state index < -0.39 is 0 Å². The Balaban J connectivity index is 0.000000924. The number of anilines is 2. The van der Waals surface area contributed by atoms with Crippen molar-refractivity contribution in [2.75, 3.05) is 10.6 Å². The summed E-state index contributed by atoms with van der Waals surface area (Å²) in [7, 11) is 0. The fraction of sp³-hybridized carbons (Fsp3) is 0.176. The Morgan fingerprint density at radius 2 is 1.83 bits per heavy atom. The van der Waals surface area contributed by atoms with Crippen molar-refractivity contribution in [2.24, 2.45) is 5.73 Å². The van der Waals surface area contributed by atoms with E-state index in [1.54, 1.807) is 24.4 Å². The van der Waals surface area contributed by atoms with Crippen LogP contribution in [0.25, 0.3) is 5.70 Å². The smallest absolute Gasteiger partial charge is 0.280 e. The maximum atomic E-state index is 12.0. The Morgan fingerprint density at radius 3 is 2.35 bits per heavy atom. The van der Waals surface area contributed by atoms with Crippen LogP contribution in [0.2, 0.25) is 0 Å². The predicted octanol–water partition coefficient (Wildman–Crippen LogP) is 2.36. The predicted molar refractivity (Wildman–Crippen MR) is 90.9 cm³/mol. The number of nitrogens with zero attached hydrogens (tertiary/aromatic N) is 2. The molecule has 1 aliphatic rings. The van der Waals surface area contributed by atoms with Gasteiger partial charge in [0.15, 0.2) is 0 Å². The van der Waals surface area contributed by atoms with Gasteiger partial charge in [-0.15, -0.1) is 0 Å². The van der Waals surface area contributed by atoms with E-state index in [-0.39, 0.29) is 11.6 Å². The van der Waals surface area contributed by atoms with E-state index >= 15 is 0 Å². The molecule has 6 nitrogen and oxygen atoms in total. The van der Waals surface area contributed by atoms with Gasteiger partial charge in [-0.2, -0.15) is 5.26 Å². The summed E-state index contributed by atoms with van der Waals surface area (Å²) >= 11 is 0. The molecule has 1 aromatic heterocycles. The van der Waals surface area contributed by atoms with Gasteiger partial charge in [-0.3, -0.25) is 9.69 Å². The summed E-state index contributed by atoms with van der Waals surface area (Å²) in [6, 6.07) is 11.1. The average molecular weight is 309 g/mol. The van der Waals surface area contributed by atoms with Gasteiger partial charge in [-0.25, -0.2) is 0 Å². The lowest BCUT2D eigenvalue weighted by molar-refractivity contribution is -0.115. The summed E-state index contributed by atoms with van der Waals surface area (Å²) in [5.41, 5.74) is 14.8. The van der Waals surface area contributed by atoms with Crippen LogP contribution in [-0.4, -0.2) is 10.9 Å². The van der Waals surface area contributed by atoms with E-state index in [4.69, 9.17) is 16.7 Å². The SMILES string of the molecule is CC.N#CCc1ccc(N2C(=O)C(N)=C2c2cc[nH]c2N)cc1. The van der Waals surface area contributed by atoms with E-state index in [9.17, 15) is 4.79 Å². The normalized spacial score (nSPS) is 13.1. The molecule has 0 unspecified atom stereocenters. The standard InChI is InChI=1S/C15H13N5O.C2H6/c16-7-5-9-1-3-10(4-2-9)20-13(12(17)15(20)21)11-6-8-19-14(11)18;1-2/h1-4,6,8,19H,5,17-18H2;1-2H3. The number of H-pyrrole nitrogens is 1. The molecule has 6 heteroatoms. The molecule has 2 aromatic rings. The summed E-state index contributed by atoms with van der Waals surface area (Å²) in [6.45, 7) is 4.00. The second-order valence-corrected chi connectivity index (χ2v) is 4.71. The van der Waals surface area contributed by atoms with Crippen LogP contribution >= 0.6 is 0 Å². The molecule has 3 rings (SSSR count). The minimum absolute atomic E-state index is 0.197. The van der Waals surface area contributed by atoms with Crippen molar-refractivity contribution in [3.05, 3.63) is 53.4 Å². The zero-order chi connectivity index (χ0) is 17.0. The molecule has 23 heavy (non-hydrogen) atoms. The number of nitrogen functional groups attached to an aromatic ring is 1. The Hall–Kier alpha value is -3.20. The minimum atomic E-state index is -0.251. The van der Waals surface area contributed by atoms with Crippen molar-refractivity contribution >= 4 is 23.1 Å². The van der Waals surface area contributed by atoms with Gasteiger partial charge in [0.1, 0.15) is 11.5 Å². The van der Waals surface area contributed by atoms with Crippen LogP contribution in [0, 0.1) is 11.3 Å². The molecule has 0 radical (unpaired) electrons. The van der Waals surface area contributed by atoms with Gasteiger partial charge in [-0.05, 0) is 23.8 Å². The highest BCUT2D eigenvalue weighted by molar-refractivity contribution is 6.27. The van der Waals surface area contributed by atoms with Crippen molar-refractivity contribution in [3.8, 4) is 6.07 Å². The topological polar surface area (TPSA) is 112 Å². The first-order valence-electron chi connectivity index (χ1n) is 7.37. The second kappa shape index (κ2) is 6.71. The molecule has 118 valence electrons. The first-order valence-corrected chi connectivity index (χ1v) is 7.37. The van der Waals surface area contributed by atoms with Crippen LogP contribution in [0.1, 0.15) is 25.0 Å². The number of hydrogen-bond donors (Lipinski definition) is 3. The second-order valence-electron chi connectivity index (χ2n) is 4.71. The number of aromatic nitrogens is 1. The molecular weight excluding hydrogens is 290 g/mol. The zero-order valence-electron chi connectivity index (χ0n) is 13.1. The molecule has 1 amide bonds. The third kappa shape index (κ3) is 2.77. The van der Waals surface area contributed by atoms with Gasteiger partial charge in [0, 0.05) is 17.4 Å². The van der Waals surface area contributed by atoms with Crippen molar-refractivity contribution in [1.82, 2.24) is 4.98 Å². The molecule has 0 spiro atoms. The van der Waals surface area contributed by atoms with E-state index in [1.165, 1.54) is 4.90 Å². The largest absolute Gasteiger partial charge is 0.393 e. The third-order valence-electron chi connectivity index (χ3n) is 3.42. The number of carbonyl (C=O) groups excluding carboxylic acids is 1. The summed E-state index contributed by atoms with van der Waals surface area (Å²) in [6.07, 6.45) is 2.03. The van der Waals surface area contributed by atoms with Gasteiger partial charge >= 0.3 is 0 Å². The molecule has 0 bridgehead atoms. The molecule has 1 aromatic carbocycles. The Labute approximate surface area is 135 Å².